The van der Waals surface area contributed by atoms with Crippen molar-refractivity contribution in [1.82, 2.24) is 5.32 Å². The van der Waals surface area contributed by atoms with Crippen LogP contribution >= 0.6 is 15.9 Å². The number of benzene rings is 1. The van der Waals surface area contributed by atoms with Crippen molar-refractivity contribution in [3.8, 4) is 0 Å². The molecule has 1 saturated carbocycles. The molecular formula is C15H23BrN2. The molecule has 1 N–H and O–H groups in total. The van der Waals surface area contributed by atoms with Crippen LogP contribution in [0.25, 0.3) is 0 Å². The second-order valence-corrected chi connectivity index (χ2v) is 6.09. The average Bonchev–Trinajstić information content (AvgIpc) is 2.26. The molecule has 1 aliphatic carbocycles. The second kappa shape index (κ2) is 6.07. The molecule has 1 aromatic rings. The van der Waals surface area contributed by atoms with Gasteiger partial charge in [-0.05, 0) is 56.5 Å². The maximum absolute atomic E-state index is 3.59. The van der Waals surface area contributed by atoms with Crippen LogP contribution in [0.4, 0.5) is 5.69 Å². The lowest BCUT2D eigenvalue weighted by Gasteiger charge is -2.38. The van der Waals surface area contributed by atoms with E-state index in [1.54, 1.807) is 0 Å². The third-order valence-corrected chi connectivity index (χ3v) is 4.46. The summed E-state index contributed by atoms with van der Waals surface area (Å²) in [5.41, 5.74) is 2.76. The van der Waals surface area contributed by atoms with E-state index in [1.165, 1.54) is 30.5 Å². The fourth-order valence-electron chi connectivity index (χ4n) is 2.58. The van der Waals surface area contributed by atoms with Crippen molar-refractivity contribution in [2.75, 3.05) is 18.5 Å². The van der Waals surface area contributed by atoms with Crippen LogP contribution in [0.2, 0.25) is 0 Å². The normalized spacial score (nSPS) is 17.3. The zero-order valence-electron chi connectivity index (χ0n) is 11.5. The lowest BCUT2D eigenvalue weighted by Crippen LogP contribution is -2.38. The van der Waals surface area contributed by atoms with Gasteiger partial charge in [-0.2, -0.15) is 0 Å². The Morgan fingerprint density at radius 1 is 1.44 bits per heavy atom. The Balaban J connectivity index is 2.27. The molecular weight excluding hydrogens is 288 g/mol. The van der Waals surface area contributed by atoms with Gasteiger partial charge in [-0.3, -0.25) is 0 Å². The summed E-state index contributed by atoms with van der Waals surface area (Å²) in [5, 5.41) is 3.51. The van der Waals surface area contributed by atoms with Gasteiger partial charge in [0.15, 0.2) is 0 Å². The smallest absolute Gasteiger partial charge is 0.0415 e. The summed E-state index contributed by atoms with van der Waals surface area (Å²) in [6.45, 7) is 5.40. The first-order valence-corrected chi connectivity index (χ1v) is 7.68. The van der Waals surface area contributed by atoms with Crippen LogP contribution < -0.4 is 10.2 Å². The van der Waals surface area contributed by atoms with E-state index < -0.39 is 0 Å². The number of rotatable bonds is 5. The molecule has 0 amide bonds. The Kier molecular flexibility index (Phi) is 4.68. The third-order valence-electron chi connectivity index (χ3n) is 3.97. The first kappa shape index (κ1) is 13.9. The van der Waals surface area contributed by atoms with Gasteiger partial charge in [0.05, 0.1) is 0 Å². The second-order valence-electron chi connectivity index (χ2n) is 5.18. The molecule has 1 aromatic carbocycles. The number of hydrogen-bond acceptors (Lipinski definition) is 2. The Morgan fingerprint density at radius 2 is 2.17 bits per heavy atom. The molecule has 0 aliphatic heterocycles. The molecule has 100 valence electrons. The van der Waals surface area contributed by atoms with Gasteiger partial charge in [0, 0.05) is 29.3 Å². The molecule has 0 saturated heterocycles. The number of hydrogen-bond donors (Lipinski definition) is 1. The first-order valence-electron chi connectivity index (χ1n) is 6.89. The van der Waals surface area contributed by atoms with Crippen LogP contribution in [-0.2, 0) is 0 Å². The standard InChI is InChI=1S/C15H23BrN2/c1-4-17-11(2)14-10-12(16)8-9-15(14)18(3)13-6-5-7-13/h8-11,13,17H,4-7H2,1-3H3. The number of nitrogens with zero attached hydrogens (tertiary/aromatic N) is 1. The summed E-state index contributed by atoms with van der Waals surface area (Å²) in [6.07, 6.45) is 4.05. The van der Waals surface area contributed by atoms with Gasteiger partial charge in [-0.1, -0.05) is 22.9 Å². The van der Waals surface area contributed by atoms with Crippen LogP contribution in [0, 0.1) is 0 Å². The van der Waals surface area contributed by atoms with Crippen LogP contribution in [0.3, 0.4) is 0 Å². The topological polar surface area (TPSA) is 15.3 Å². The van der Waals surface area contributed by atoms with Crippen molar-refractivity contribution in [2.24, 2.45) is 0 Å². The molecule has 1 atom stereocenters. The highest BCUT2D eigenvalue weighted by molar-refractivity contribution is 9.10. The van der Waals surface area contributed by atoms with Gasteiger partial charge >= 0.3 is 0 Å². The monoisotopic (exact) mass is 310 g/mol. The van der Waals surface area contributed by atoms with E-state index >= 15 is 0 Å². The quantitative estimate of drug-likeness (QED) is 0.880. The largest absolute Gasteiger partial charge is 0.371 e. The molecule has 1 aliphatic rings. The molecule has 0 radical (unpaired) electrons. The van der Waals surface area contributed by atoms with E-state index in [1.807, 2.05) is 0 Å². The van der Waals surface area contributed by atoms with Gasteiger partial charge < -0.3 is 10.2 Å². The number of nitrogens with one attached hydrogen (secondary N) is 1. The summed E-state index contributed by atoms with van der Waals surface area (Å²) >= 11 is 3.59. The van der Waals surface area contributed by atoms with Crippen LogP contribution in [0.1, 0.15) is 44.7 Å². The third kappa shape index (κ3) is 2.89. The lowest BCUT2D eigenvalue weighted by molar-refractivity contribution is 0.400. The van der Waals surface area contributed by atoms with Crippen LogP contribution in [-0.4, -0.2) is 19.6 Å². The molecule has 18 heavy (non-hydrogen) atoms. The van der Waals surface area contributed by atoms with Gasteiger partial charge in [0.1, 0.15) is 0 Å². The van der Waals surface area contributed by atoms with Crippen molar-refractivity contribution in [3.05, 3.63) is 28.2 Å². The van der Waals surface area contributed by atoms with Gasteiger partial charge in [-0.25, -0.2) is 0 Å². The zero-order chi connectivity index (χ0) is 13.1. The van der Waals surface area contributed by atoms with E-state index in [9.17, 15) is 0 Å². The minimum atomic E-state index is 0.394. The molecule has 0 bridgehead atoms. The molecule has 0 heterocycles. The molecule has 3 heteroatoms. The molecule has 1 unspecified atom stereocenters. The van der Waals surface area contributed by atoms with Crippen LogP contribution in [0.5, 0.6) is 0 Å². The van der Waals surface area contributed by atoms with Crippen LogP contribution in [0.15, 0.2) is 22.7 Å². The van der Waals surface area contributed by atoms with E-state index in [0.29, 0.717) is 6.04 Å². The minimum Gasteiger partial charge on any atom is -0.371 e. The Bertz CT molecular complexity index is 401. The maximum Gasteiger partial charge on any atom is 0.0415 e. The minimum absolute atomic E-state index is 0.394. The van der Waals surface area contributed by atoms with Crippen molar-refractivity contribution < 1.29 is 0 Å². The molecule has 2 rings (SSSR count). The predicted octanol–water partition coefficient (Wildman–Crippen LogP) is 4.11. The SMILES string of the molecule is CCNC(C)c1cc(Br)ccc1N(C)C1CCC1. The highest BCUT2D eigenvalue weighted by atomic mass is 79.9. The van der Waals surface area contributed by atoms with Gasteiger partial charge in [-0.15, -0.1) is 0 Å². The van der Waals surface area contributed by atoms with Crippen molar-refractivity contribution in [3.63, 3.8) is 0 Å². The highest BCUT2D eigenvalue weighted by Gasteiger charge is 2.24. The summed E-state index contributed by atoms with van der Waals surface area (Å²) in [5.74, 6) is 0. The van der Waals surface area contributed by atoms with Crippen molar-refractivity contribution in [2.45, 2.75) is 45.2 Å². The fraction of sp³-hybridized carbons (Fsp3) is 0.600. The van der Waals surface area contributed by atoms with E-state index in [-0.39, 0.29) is 0 Å². The zero-order valence-corrected chi connectivity index (χ0v) is 13.1. The predicted molar refractivity (Wildman–Crippen MR) is 82.3 cm³/mol. The summed E-state index contributed by atoms with van der Waals surface area (Å²) in [6, 6.07) is 7.76. The van der Waals surface area contributed by atoms with Crippen molar-refractivity contribution >= 4 is 21.6 Å². The number of anilines is 1. The Hall–Kier alpha value is -0.540. The first-order chi connectivity index (χ1) is 8.63. The molecule has 0 spiro atoms. The Morgan fingerprint density at radius 3 is 2.72 bits per heavy atom. The lowest BCUT2D eigenvalue weighted by atomic mass is 9.90. The van der Waals surface area contributed by atoms with Gasteiger partial charge in [0.25, 0.3) is 0 Å². The Labute approximate surface area is 119 Å². The number of halogens is 1. The summed E-state index contributed by atoms with van der Waals surface area (Å²) in [7, 11) is 2.23. The molecule has 2 nitrogen and oxygen atoms in total. The maximum atomic E-state index is 3.59. The summed E-state index contributed by atoms with van der Waals surface area (Å²) < 4.78 is 1.16. The van der Waals surface area contributed by atoms with Gasteiger partial charge in [0.2, 0.25) is 0 Å². The van der Waals surface area contributed by atoms with Crippen molar-refractivity contribution in [1.29, 1.82) is 0 Å². The van der Waals surface area contributed by atoms with E-state index in [0.717, 1.165) is 17.1 Å². The molecule has 0 aromatic heterocycles. The van der Waals surface area contributed by atoms with E-state index in [2.05, 4.69) is 65.2 Å². The van der Waals surface area contributed by atoms with E-state index in [4.69, 9.17) is 0 Å². The molecule has 1 fully saturated rings. The average molecular weight is 311 g/mol. The highest BCUT2D eigenvalue weighted by Crippen LogP contribution is 2.34. The summed E-state index contributed by atoms with van der Waals surface area (Å²) in [4.78, 5) is 2.46. The fourth-order valence-corrected chi connectivity index (χ4v) is 2.96.